The Balaban J connectivity index is 1.10. The third-order valence-electron chi connectivity index (χ3n) is 10.3. The van der Waals surface area contributed by atoms with Crippen LogP contribution in [0, 0.1) is 6.92 Å². The van der Waals surface area contributed by atoms with Gasteiger partial charge < -0.3 is 24.4 Å². The van der Waals surface area contributed by atoms with Gasteiger partial charge in [-0.05, 0) is 43.5 Å². The number of benzene rings is 2. The predicted octanol–water partition coefficient (Wildman–Crippen LogP) is 5.14. The summed E-state index contributed by atoms with van der Waals surface area (Å²) >= 11 is 6.18. The minimum atomic E-state index is -4.62. The van der Waals surface area contributed by atoms with Crippen molar-refractivity contribution in [3.63, 3.8) is 0 Å². The first-order chi connectivity index (χ1) is 28.4. The van der Waals surface area contributed by atoms with Crippen LogP contribution in [0.5, 0.6) is 5.75 Å². The summed E-state index contributed by atoms with van der Waals surface area (Å²) in [6, 6.07) is 14.0. The molecule has 0 unspecified atom stereocenters. The van der Waals surface area contributed by atoms with Gasteiger partial charge in [0.25, 0.3) is 17.4 Å². The van der Waals surface area contributed by atoms with Gasteiger partial charge in [0.15, 0.2) is 11.4 Å². The van der Waals surface area contributed by atoms with Crippen molar-refractivity contribution >= 4 is 52.3 Å². The average molecular weight is 831 g/mol. The van der Waals surface area contributed by atoms with Gasteiger partial charge >= 0.3 is 6.18 Å². The van der Waals surface area contributed by atoms with Gasteiger partial charge in [-0.1, -0.05) is 48.9 Å². The second kappa shape index (κ2) is 16.0. The van der Waals surface area contributed by atoms with Gasteiger partial charge in [-0.15, -0.1) is 5.10 Å². The molecule has 6 heterocycles. The van der Waals surface area contributed by atoms with Crippen LogP contribution in [-0.2, 0) is 37.1 Å². The molecule has 1 fully saturated rings. The Hall–Kier alpha value is -6.50. The Kier molecular flexibility index (Phi) is 10.7. The fraction of sp³-hybridized carbons (Fsp3) is 0.333. The highest BCUT2D eigenvalue weighted by molar-refractivity contribution is 6.33. The monoisotopic (exact) mass is 830 g/mol. The zero-order valence-corrected chi connectivity index (χ0v) is 32.7. The smallest absolute Gasteiger partial charge is 0.416 e. The molecule has 59 heavy (non-hydrogen) atoms. The number of nitrogens with zero attached hydrogens (tertiary/aromatic N) is 11. The number of halogens is 4. The van der Waals surface area contributed by atoms with Gasteiger partial charge in [-0.2, -0.15) is 27.8 Å². The summed E-state index contributed by atoms with van der Waals surface area (Å²) in [6.07, 6.45) is -0.595. The molecule has 2 aliphatic rings. The highest BCUT2D eigenvalue weighted by Crippen LogP contribution is 2.34. The number of amides is 2. The molecule has 1 N–H and O–H groups in total. The molecule has 16 nitrogen and oxygen atoms in total. The van der Waals surface area contributed by atoms with Crippen molar-refractivity contribution in [2.24, 2.45) is 0 Å². The molecule has 0 atom stereocenters. The van der Waals surface area contributed by atoms with Gasteiger partial charge in [-0.3, -0.25) is 19.3 Å². The van der Waals surface area contributed by atoms with E-state index < -0.39 is 23.2 Å². The van der Waals surface area contributed by atoms with Gasteiger partial charge in [0.1, 0.15) is 31.0 Å². The number of hydrogen-bond donors (Lipinski definition) is 1. The zero-order valence-electron chi connectivity index (χ0n) is 32.0. The first kappa shape index (κ1) is 39.3. The minimum Gasteiger partial charge on any atom is -0.485 e. The lowest BCUT2D eigenvalue weighted by Crippen LogP contribution is -2.51. The highest BCUT2D eigenvalue weighted by Gasteiger charge is 2.33. The van der Waals surface area contributed by atoms with Crippen molar-refractivity contribution in [1.82, 2.24) is 43.8 Å². The van der Waals surface area contributed by atoms with Crippen LogP contribution in [0.2, 0.25) is 5.02 Å². The number of nitrogens with one attached hydrogen (secondary N) is 1. The van der Waals surface area contributed by atoms with E-state index >= 15 is 0 Å². The Labute approximate surface area is 339 Å². The van der Waals surface area contributed by atoms with E-state index in [1.165, 1.54) is 6.33 Å². The van der Waals surface area contributed by atoms with Gasteiger partial charge in [0.05, 0.1) is 33.9 Å². The maximum atomic E-state index is 14.5. The zero-order chi connectivity index (χ0) is 41.4. The highest BCUT2D eigenvalue weighted by atomic mass is 35.5. The molecule has 4 aromatic heterocycles. The van der Waals surface area contributed by atoms with Crippen molar-refractivity contribution in [1.29, 1.82) is 0 Å². The lowest BCUT2D eigenvalue weighted by atomic mass is 10.2. The molecule has 0 saturated carbocycles. The van der Waals surface area contributed by atoms with Crippen molar-refractivity contribution in [2.45, 2.75) is 52.6 Å². The molecule has 20 heteroatoms. The molecule has 6 aromatic rings. The predicted molar refractivity (Wildman–Crippen MR) is 211 cm³/mol. The molecule has 0 radical (unpaired) electrons. The normalized spacial score (nSPS) is 14.4. The number of aromatic nitrogens is 8. The maximum Gasteiger partial charge on any atom is 0.416 e. The summed E-state index contributed by atoms with van der Waals surface area (Å²) in [5.41, 5.74) is 0.877. The van der Waals surface area contributed by atoms with Crippen LogP contribution in [0.15, 0.2) is 71.9 Å². The SMILES string of the molecule is CCc1c(N2CCN(C(=O)c3ncnc(C)c3OCc3ccccc3)CC2)c(=O)n2nc(N3CCCn4nccc43)nc2n1CC(=O)Nc1ccc(C(F)(F)F)cc1Cl. The van der Waals surface area contributed by atoms with Crippen molar-refractivity contribution < 1.29 is 27.5 Å². The Bertz CT molecular complexity index is 2600. The van der Waals surface area contributed by atoms with Crippen LogP contribution < -0.4 is 25.4 Å². The Morgan fingerprint density at radius 3 is 2.49 bits per heavy atom. The van der Waals surface area contributed by atoms with E-state index in [0.717, 1.165) is 40.5 Å². The molecular formula is C39H38ClF3N12O4. The average Bonchev–Trinajstić information content (AvgIpc) is 3.90. The summed E-state index contributed by atoms with van der Waals surface area (Å²) in [7, 11) is 0. The van der Waals surface area contributed by atoms with E-state index in [1.807, 2.05) is 57.8 Å². The maximum absolute atomic E-state index is 14.5. The Morgan fingerprint density at radius 1 is 0.983 bits per heavy atom. The number of rotatable bonds is 10. The van der Waals surface area contributed by atoms with Gasteiger partial charge in [0, 0.05) is 45.3 Å². The van der Waals surface area contributed by atoms with E-state index in [-0.39, 0.29) is 85.5 Å². The van der Waals surface area contributed by atoms with E-state index in [0.29, 0.717) is 30.2 Å². The molecule has 0 spiro atoms. The van der Waals surface area contributed by atoms with Gasteiger partial charge in [-0.25, -0.2) is 14.6 Å². The van der Waals surface area contributed by atoms with Crippen molar-refractivity contribution in [3.05, 3.63) is 111 Å². The number of ether oxygens (including phenoxy) is 1. The fourth-order valence-electron chi connectivity index (χ4n) is 7.38. The van der Waals surface area contributed by atoms with E-state index in [2.05, 4.69) is 25.5 Å². The van der Waals surface area contributed by atoms with Crippen molar-refractivity contribution in [3.8, 4) is 5.75 Å². The van der Waals surface area contributed by atoms with E-state index in [4.69, 9.17) is 21.3 Å². The summed E-state index contributed by atoms with van der Waals surface area (Å²) in [4.78, 5) is 60.9. The lowest BCUT2D eigenvalue weighted by molar-refractivity contribution is -0.137. The topological polar surface area (TPSA) is 161 Å². The summed E-state index contributed by atoms with van der Waals surface area (Å²) in [5.74, 6) is 0.377. The fourth-order valence-corrected chi connectivity index (χ4v) is 7.61. The summed E-state index contributed by atoms with van der Waals surface area (Å²) < 4.78 is 50.6. The van der Waals surface area contributed by atoms with Crippen LogP contribution in [0.3, 0.4) is 0 Å². The second-order valence-electron chi connectivity index (χ2n) is 14.0. The molecule has 0 aliphatic carbocycles. The van der Waals surface area contributed by atoms with E-state index in [1.54, 1.807) is 22.6 Å². The lowest BCUT2D eigenvalue weighted by Gasteiger charge is -2.36. The third-order valence-corrected chi connectivity index (χ3v) is 10.6. The van der Waals surface area contributed by atoms with Crippen molar-refractivity contribution in [2.75, 3.05) is 47.8 Å². The number of hydrogen-bond acceptors (Lipinski definition) is 11. The van der Waals surface area contributed by atoms with Crippen LogP contribution >= 0.6 is 11.6 Å². The molecule has 1 saturated heterocycles. The molecule has 0 bridgehead atoms. The minimum absolute atomic E-state index is 0.0166. The third kappa shape index (κ3) is 7.76. The quantitative estimate of drug-likeness (QED) is 0.195. The molecule has 2 aliphatic heterocycles. The number of anilines is 4. The number of fused-ring (bicyclic) bond motifs is 2. The largest absolute Gasteiger partial charge is 0.485 e. The van der Waals surface area contributed by atoms with Crippen LogP contribution in [0.1, 0.15) is 46.3 Å². The first-order valence-electron chi connectivity index (χ1n) is 18.9. The molecule has 306 valence electrons. The summed E-state index contributed by atoms with van der Waals surface area (Å²) in [6.45, 7) is 5.64. The number of carbonyl (C=O) groups excluding carboxylic acids is 2. The van der Waals surface area contributed by atoms with E-state index in [9.17, 15) is 27.6 Å². The Morgan fingerprint density at radius 2 is 1.76 bits per heavy atom. The molecule has 2 aromatic carbocycles. The van der Waals surface area contributed by atoms with Crippen LogP contribution in [0.25, 0.3) is 5.78 Å². The van der Waals surface area contributed by atoms with Crippen LogP contribution in [0.4, 0.5) is 36.3 Å². The molecular weight excluding hydrogens is 793 g/mol. The van der Waals surface area contributed by atoms with Gasteiger partial charge in [0.2, 0.25) is 11.7 Å². The standard InChI is InChI=1S/C39H38ClF3N12O4/c1-3-29-33(50-16-18-51(19-17-50)35(57)32-34(24(2)44-23-45-32)59-22-25-8-5-4-6-9-25)36(58)55-38(48-37(49-55)52-14-7-15-54-31(52)12-13-46-54)53(29)21-30(56)47-28-11-10-26(20-27(28)40)39(41,42)43/h4-6,8-13,20,23H,3,7,14-19,21-22H2,1-2H3,(H,47,56). The van der Waals surface area contributed by atoms with Crippen LogP contribution in [-0.4, -0.2) is 88.4 Å². The second-order valence-corrected chi connectivity index (χ2v) is 14.4. The first-order valence-corrected chi connectivity index (χ1v) is 19.3. The number of alkyl halides is 3. The number of carbonyl (C=O) groups is 2. The number of piperazine rings is 1. The summed E-state index contributed by atoms with van der Waals surface area (Å²) in [5, 5.41) is 11.4. The molecule has 2 amide bonds. The molecule has 8 rings (SSSR count). The number of aryl methyl sites for hydroxylation is 2.